The number of likely N-dealkylation sites (tertiary alicyclic amines) is 1. The van der Waals surface area contributed by atoms with Gasteiger partial charge in [0.1, 0.15) is 12.1 Å². The Hall–Kier alpha value is -3.22. The maximum Gasteiger partial charge on any atom is 0.399 e. The molecule has 0 radical (unpaired) electrons. The lowest BCUT2D eigenvalue weighted by atomic mass is 9.85. The summed E-state index contributed by atoms with van der Waals surface area (Å²) in [5.74, 6) is -1.08. The summed E-state index contributed by atoms with van der Waals surface area (Å²) in [6, 6.07) is 12.7. The van der Waals surface area contributed by atoms with E-state index in [2.05, 4.69) is 10.6 Å². The molecule has 0 bridgehead atoms. The van der Waals surface area contributed by atoms with E-state index < -0.39 is 42.2 Å². The number of carbonyl (C=O) groups is 3. The van der Waals surface area contributed by atoms with Crippen molar-refractivity contribution < 1.29 is 37.5 Å². The fourth-order valence-electron chi connectivity index (χ4n) is 5.88. The zero-order valence-corrected chi connectivity index (χ0v) is 26.9. The van der Waals surface area contributed by atoms with Crippen LogP contribution in [0.2, 0.25) is 0 Å². The van der Waals surface area contributed by atoms with Crippen molar-refractivity contribution in [3.8, 4) is 0 Å². The third-order valence-electron chi connectivity index (χ3n) is 8.35. The summed E-state index contributed by atoms with van der Waals surface area (Å²) in [5, 5.41) is 6.49. The highest BCUT2D eigenvalue weighted by atomic mass is 32.1. The maximum absolute atomic E-state index is 14.3. The number of benzene rings is 2. The summed E-state index contributed by atoms with van der Waals surface area (Å²) < 4.78 is 40.4. The SMILES string of the molecule is CC(C)(C)[C@H](NC(=O)c1cc2cc(C(F)(F)P(=O)(O)O)ccc2s1)C(=O)N1CCC[C@H]1C(=O)N1CCN[C@@H](c2ccccc2)C1. The Bertz CT molecular complexity index is 1640. The molecule has 14 heteroatoms. The molecular formula is C31H37F2N4O6PS. The van der Waals surface area contributed by atoms with Gasteiger partial charge in [-0.05, 0) is 47.4 Å². The number of piperazine rings is 1. The summed E-state index contributed by atoms with van der Waals surface area (Å²) in [4.78, 5) is 63.0. The molecule has 2 aliphatic rings. The van der Waals surface area contributed by atoms with Gasteiger partial charge >= 0.3 is 13.3 Å². The molecule has 45 heavy (non-hydrogen) atoms. The van der Waals surface area contributed by atoms with Crippen molar-refractivity contribution in [1.29, 1.82) is 0 Å². The lowest BCUT2D eigenvalue weighted by Crippen LogP contribution is -2.59. The molecule has 1 aromatic heterocycles. The van der Waals surface area contributed by atoms with E-state index in [-0.39, 0.29) is 28.1 Å². The number of fused-ring (bicyclic) bond motifs is 1. The first-order chi connectivity index (χ1) is 21.1. The normalized spacial score (nSPS) is 20.3. The molecule has 2 saturated heterocycles. The quantitative estimate of drug-likeness (QED) is 0.275. The number of halogens is 2. The number of nitrogens with zero attached hydrogens (tertiary/aromatic N) is 2. The second-order valence-corrected chi connectivity index (χ2v) is 15.3. The summed E-state index contributed by atoms with van der Waals surface area (Å²) in [7, 11) is -5.76. The maximum atomic E-state index is 14.3. The Labute approximate surface area is 263 Å². The van der Waals surface area contributed by atoms with Crippen LogP contribution in [0.25, 0.3) is 10.1 Å². The average Bonchev–Trinajstić information content (AvgIpc) is 3.66. The van der Waals surface area contributed by atoms with Crippen molar-refractivity contribution in [2.24, 2.45) is 5.41 Å². The molecule has 242 valence electrons. The Morgan fingerprint density at radius 2 is 1.78 bits per heavy atom. The predicted octanol–water partition coefficient (Wildman–Crippen LogP) is 4.44. The molecule has 3 atom stereocenters. The fraction of sp³-hybridized carbons (Fsp3) is 0.452. The Balaban J connectivity index is 1.32. The molecule has 0 unspecified atom stereocenters. The number of thiophene rings is 1. The van der Waals surface area contributed by atoms with Gasteiger partial charge < -0.3 is 30.2 Å². The lowest BCUT2D eigenvalue weighted by molar-refractivity contribution is -0.146. The molecule has 0 spiro atoms. The minimum absolute atomic E-state index is 0.0172. The van der Waals surface area contributed by atoms with Crippen LogP contribution < -0.4 is 10.6 Å². The van der Waals surface area contributed by atoms with Crippen LogP contribution in [0.4, 0.5) is 8.78 Å². The Kier molecular flexibility index (Phi) is 9.23. The summed E-state index contributed by atoms with van der Waals surface area (Å²) >= 11 is 1.01. The average molecular weight is 663 g/mol. The first-order valence-corrected chi connectivity index (χ1v) is 17.2. The summed E-state index contributed by atoms with van der Waals surface area (Å²) in [6.45, 7) is 7.44. The van der Waals surface area contributed by atoms with E-state index in [0.717, 1.165) is 29.0 Å². The highest BCUT2D eigenvalue weighted by molar-refractivity contribution is 7.52. The molecule has 5 rings (SSSR count). The van der Waals surface area contributed by atoms with Crippen molar-refractivity contribution in [3.05, 3.63) is 70.6 Å². The number of carbonyl (C=O) groups excluding carboxylic acids is 3. The van der Waals surface area contributed by atoms with Crippen LogP contribution in [0.5, 0.6) is 0 Å². The largest absolute Gasteiger partial charge is 0.399 e. The van der Waals surface area contributed by atoms with E-state index in [9.17, 15) is 27.7 Å². The summed E-state index contributed by atoms with van der Waals surface area (Å²) in [6.07, 6.45) is 1.17. The first kappa shape index (κ1) is 33.2. The third-order valence-corrected chi connectivity index (χ3v) is 10.5. The third kappa shape index (κ3) is 6.83. The minimum Gasteiger partial charge on any atom is -0.339 e. The van der Waals surface area contributed by atoms with Crippen molar-refractivity contribution >= 4 is 46.7 Å². The number of alkyl halides is 2. The minimum atomic E-state index is -5.76. The molecule has 3 heterocycles. The van der Waals surface area contributed by atoms with Crippen molar-refractivity contribution in [2.45, 2.75) is 57.4 Å². The Morgan fingerprint density at radius 3 is 2.44 bits per heavy atom. The van der Waals surface area contributed by atoms with Crippen LogP contribution in [0, 0.1) is 5.41 Å². The van der Waals surface area contributed by atoms with Gasteiger partial charge in [0.15, 0.2) is 0 Å². The van der Waals surface area contributed by atoms with Gasteiger partial charge in [-0.25, -0.2) is 0 Å². The number of rotatable bonds is 7. The molecule has 3 aromatic rings. The molecule has 2 aliphatic heterocycles. The van der Waals surface area contributed by atoms with Gasteiger partial charge in [-0.3, -0.25) is 18.9 Å². The second-order valence-electron chi connectivity index (χ2n) is 12.6. The van der Waals surface area contributed by atoms with Crippen LogP contribution in [-0.4, -0.2) is 75.6 Å². The zero-order valence-electron chi connectivity index (χ0n) is 25.2. The van der Waals surface area contributed by atoms with E-state index >= 15 is 0 Å². The van der Waals surface area contributed by atoms with Crippen molar-refractivity contribution in [3.63, 3.8) is 0 Å². The molecule has 2 fully saturated rings. The molecule has 2 aromatic carbocycles. The van der Waals surface area contributed by atoms with Gasteiger partial charge in [0.25, 0.3) is 5.91 Å². The highest BCUT2D eigenvalue weighted by Crippen LogP contribution is 2.59. The predicted molar refractivity (Wildman–Crippen MR) is 167 cm³/mol. The van der Waals surface area contributed by atoms with Gasteiger partial charge in [-0.2, -0.15) is 8.78 Å². The molecule has 0 saturated carbocycles. The molecule has 4 N–H and O–H groups in total. The molecular weight excluding hydrogens is 625 g/mol. The fourth-order valence-corrected chi connectivity index (χ4v) is 7.31. The van der Waals surface area contributed by atoms with E-state index in [1.165, 1.54) is 12.1 Å². The topological polar surface area (TPSA) is 139 Å². The van der Waals surface area contributed by atoms with Gasteiger partial charge in [0.05, 0.1) is 4.88 Å². The van der Waals surface area contributed by atoms with Gasteiger partial charge in [0, 0.05) is 42.5 Å². The van der Waals surface area contributed by atoms with Crippen LogP contribution in [0.1, 0.15) is 60.5 Å². The smallest absolute Gasteiger partial charge is 0.339 e. The number of amides is 3. The van der Waals surface area contributed by atoms with Crippen molar-refractivity contribution in [1.82, 2.24) is 20.4 Å². The second kappa shape index (κ2) is 12.5. The summed E-state index contributed by atoms with van der Waals surface area (Å²) in [5.41, 5.74) is -4.89. The van der Waals surface area contributed by atoms with Crippen LogP contribution in [0.3, 0.4) is 0 Å². The zero-order chi connectivity index (χ0) is 32.7. The molecule has 10 nitrogen and oxygen atoms in total. The monoisotopic (exact) mass is 662 g/mol. The highest BCUT2D eigenvalue weighted by Gasteiger charge is 2.50. The van der Waals surface area contributed by atoms with E-state index in [1.54, 1.807) is 9.80 Å². The number of hydrogen-bond acceptors (Lipinski definition) is 6. The van der Waals surface area contributed by atoms with Crippen LogP contribution in [-0.2, 0) is 19.8 Å². The van der Waals surface area contributed by atoms with E-state index in [1.807, 2.05) is 51.1 Å². The van der Waals surface area contributed by atoms with E-state index in [4.69, 9.17) is 9.79 Å². The van der Waals surface area contributed by atoms with E-state index in [0.29, 0.717) is 43.7 Å². The number of hydrogen-bond donors (Lipinski definition) is 4. The van der Waals surface area contributed by atoms with Gasteiger partial charge in [-0.15, -0.1) is 11.3 Å². The number of nitrogens with one attached hydrogen (secondary N) is 2. The standard InChI is InChI=1S/C31H37F2N4O6PS/c1-30(2,3)26(35-27(38)25-17-20-16-21(11-12-24(20)45-25)31(32,33)44(41,42)43)29(40)37-14-7-10-23(37)28(39)36-15-13-34-22(18-36)19-8-5-4-6-9-19/h4-6,8-9,11-12,16-17,22-23,26,34H,7,10,13-15,18H2,1-3H3,(H,35,38)(H2,41,42,43)/t22-,23+,26-/m1/s1. The Morgan fingerprint density at radius 1 is 1.07 bits per heavy atom. The lowest BCUT2D eigenvalue weighted by Gasteiger charge is -2.39. The molecule has 0 aliphatic carbocycles. The first-order valence-electron chi connectivity index (χ1n) is 14.7. The van der Waals surface area contributed by atoms with Crippen LogP contribution >= 0.6 is 18.9 Å². The van der Waals surface area contributed by atoms with Gasteiger partial charge in [-0.1, -0.05) is 57.2 Å². The molecule has 3 amide bonds. The van der Waals surface area contributed by atoms with Crippen LogP contribution in [0.15, 0.2) is 54.6 Å². The van der Waals surface area contributed by atoms with Crippen molar-refractivity contribution in [2.75, 3.05) is 26.2 Å². The van der Waals surface area contributed by atoms with Gasteiger partial charge in [0.2, 0.25) is 11.8 Å².